The van der Waals surface area contributed by atoms with E-state index in [4.69, 9.17) is 4.42 Å². The second kappa shape index (κ2) is 7.44. The van der Waals surface area contributed by atoms with E-state index in [9.17, 15) is 13.6 Å². The standard InChI is InChI=1S/C17H18F2N2O3/c18-17(19)24-14-4-1-3-13(11-14)16(22)21-8-6-20(7-9-21)12-15-5-2-10-23-15/h1-5,10-11,17H,6-9,12H2. The van der Waals surface area contributed by atoms with Crippen molar-refractivity contribution < 1.29 is 22.7 Å². The average molecular weight is 336 g/mol. The number of carbonyl (C=O) groups excluding carboxylic acids is 1. The van der Waals surface area contributed by atoms with Gasteiger partial charge in [-0.25, -0.2) is 0 Å². The molecule has 0 atom stereocenters. The third kappa shape index (κ3) is 4.11. The molecule has 0 saturated carbocycles. The van der Waals surface area contributed by atoms with Crippen LogP contribution in [-0.2, 0) is 6.54 Å². The fourth-order valence-electron chi connectivity index (χ4n) is 2.72. The highest BCUT2D eigenvalue weighted by molar-refractivity contribution is 5.94. The highest BCUT2D eigenvalue weighted by atomic mass is 19.3. The molecule has 1 aromatic heterocycles. The molecule has 1 aromatic carbocycles. The van der Waals surface area contributed by atoms with E-state index in [-0.39, 0.29) is 11.7 Å². The summed E-state index contributed by atoms with van der Waals surface area (Å²) in [5.74, 6) is 0.714. The van der Waals surface area contributed by atoms with E-state index in [0.29, 0.717) is 25.2 Å². The van der Waals surface area contributed by atoms with E-state index in [2.05, 4.69) is 9.64 Å². The molecule has 24 heavy (non-hydrogen) atoms. The van der Waals surface area contributed by atoms with Crippen molar-refractivity contribution in [2.45, 2.75) is 13.2 Å². The first-order valence-electron chi connectivity index (χ1n) is 7.71. The number of alkyl halides is 2. The average Bonchev–Trinajstić information content (AvgIpc) is 3.07. The maximum absolute atomic E-state index is 12.5. The third-order valence-corrected chi connectivity index (χ3v) is 3.93. The summed E-state index contributed by atoms with van der Waals surface area (Å²) in [6.45, 7) is 0.450. The fourth-order valence-corrected chi connectivity index (χ4v) is 2.72. The first kappa shape index (κ1) is 16.4. The first-order chi connectivity index (χ1) is 11.6. The molecule has 2 aromatic rings. The van der Waals surface area contributed by atoms with Crippen LogP contribution in [-0.4, -0.2) is 48.5 Å². The van der Waals surface area contributed by atoms with Crippen molar-refractivity contribution in [2.75, 3.05) is 26.2 Å². The second-order valence-corrected chi connectivity index (χ2v) is 5.55. The van der Waals surface area contributed by atoms with Crippen LogP contribution < -0.4 is 4.74 Å². The molecule has 2 heterocycles. The molecule has 0 unspecified atom stereocenters. The van der Waals surface area contributed by atoms with E-state index < -0.39 is 6.61 Å². The summed E-state index contributed by atoms with van der Waals surface area (Å²) in [7, 11) is 0. The quantitative estimate of drug-likeness (QED) is 0.842. The summed E-state index contributed by atoms with van der Waals surface area (Å²) in [5, 5.41) is 0. The van der Waals surface area contributed by atoms with Crippen LogP contribution in [0, 0.1) is 0 Å². The number of hydrogen-bond donors (Lipinski definition) is 0. The molecule has 0 aliphatic carbocycles. The van der Waals surface area contributed by atoms with Crippen LogP contribution in [0.5, 0.6) is 5.75 Å². The molecule has 3 rings (SSSR count). The third-order valence-electron chi connectivity index (χ3n) is 3.93. The van der Waals surface area contributed by atoms with Crippen molar-refractivity contribution in [1.82, 2.24) is 9.80 Å². The van der Waals surface area contributed by atoms with Gasteiger partial charge in [-0.15, -0.1) is 0 Å². The lowest BCUT2D eigenvalue weighted by Crippen LogP contribution is -2.48. The number of ether oxygens (including phenoxy) is 1. The monoisotopic (exact) mass is 336 g/mol. The summed E-state index contributed by atoms with van der Waals surface area (Å²) < 4.78 is 34.2. The number of nitrogens with zero attached hydrogens (tertiary/aromatic N) is 2. The highest BCUT2D eigenvalue weighted by Gasteiger charge is 2.23. The summed E-state index contributed by atoms with van der Waals surface area (Å²) >= 11 is 0. The maximum atomic E-state index is 12.5. The Balaban J connectivity index is 1.57. The summed E-state index contributed by atoms with van der Waals surface area (Å²) in [6, 6.07) is 9.68. The van der Waals surface area contributed by atoms with Crippen molar-refractivity contribution in [3.63, 3.8) is 0 Å². The molecule has 1 fully saturated rings. The Kier molecular flexibility index (Phi) is 5.10. The topological polar surface area (TPSA) is 45.9 Å². The zero-order valence-corrected chi connectivity index (χ0v) is 13.0. The molecule has 1 saturated heterocycles. The molecule has 7 heteroatoms. The molecule has 128 valence electrons. The van der Waals surface area contributed by atoms with Gasteiger partial charge in [0, 0.05) is 31.7 Å². The number of benzene rings is 1. The van der Waals surface area contributed by atoms with E-state index in [0.717, 1.165) is 18.8 Å². The van der Waals surface area contributed by atoms with E-state index in [1.807, 2.05) is 12.1 Å². The highest BCUT2D eigenvalue weighted by Crippen LogP contribution is 2.18. The van der Waals surface area contributed by atoms with Crippen molar-refractivity contribution in [1.29, 1.82) is 0 Å². The van der Waals surface area contributed by atoms with Gasteiger partial charge in [-0.1, -0.05) is 6.07 Å². The van der Waals surface area contributed by atoms with Crippen molar-refractivity contribution >= 4 is 5.91 Å². The Bertz CT molecular complexity index is 668. The van der Waals surface area contributed by atoms with Gasteiger partial charge in [-0.2, -0.15) is 8.78 Å². The van der Waals surface area contributed by atoms with Crippen LogP contribution in [0.15, 0.2) is 47.1 Å². The minimum Gasteiger partial charge on any atom is -0.468 e. The molecule has 5 nitrogen and oxygen atoms in total. The van der Waals surface area contributed by atoms with Crippen LogP contribution >= 0.6 is 0 Å². The first-order valence-corrected chi connectivity index (χ1v) is 7.71. The van der Waals surface area contributed by atoms with Gasteiger partial charge in [-0.3, -0.25) is 9.69 Å². The van der Waals surface area contributed by atoms with Gasteiger partial charge in [0.25, 0.3) is 5.91 Å². The number of amides is 1. The number of halogens is 2. The Morgan fingerprint density at radius 3 is 2.62 bits per heavy atom. The molecule has 0 N–H and O–H groups in total. The Morgan fingerprint density at radius 2 is 1.96 bits per heavy atom. The van der Waals surface area contributed by atoms with E-state index in [1.54, 1.807) is 17.2 Å². The van der Waals surface area contributed by atoms with Crippen LogP contribution in [0.1, 0.15) is 16.1 Å². The minimum atomic E-state index is -2.90. The number of furan rings is 1. The molecular weight excluding hydrogens is 318 g/mol. The number of hydrogen-bond acceptors (Lipinski definition) is 4. The van der Waals surface area contributed by atoms with Crippen LogP contribution in [0.3, 0.4) is 0 Å². The zero-order chi connectivity index (χ0) is 16.9. The van der Waals surface area contributed by atoms with Crippen molar-refractivity contribution in [3.05, 3.63) is 54.0 Å². The summed E-state index contributed by atoms with van der Waals surface area (Å²) in [5.41, 5.74) is 0.354. The molecule has 0 bridgehead atoms. The SMILES string of the molecule is O=C(c1cccc(OC(F)F)c1)N1CCN(Cc2ccco2)CC1. The minimum absolute atomic E-state index is 0.00712. The van der Waals surface area contributed by atoms with E-state index >= 15 is 0 Å². The van der Waals surface area contributed by atoms with Crippen molar-refractivity contribution in [2.24, 2.45) is 0 Å². The number of rotatable bonds is 5. The Hall–Kier alpha value is -2.41. The lowest BCUT2D eigenvalue weighted by Gasteiger charge is -2.34. The van der Waals surface area contributed by atoms with Crippen LogP contribution in [0.4, 0.5) is 8.78 Å². The lowest BCUT2D eigenvalue weighted by atomic mass is 10.1. The molecule has 1 aliphatic rings. The fraction of sp³-hybridized carbons (Fsp3) is 0.353. The largest absolute Gasteiger partial charge is 0.468 e. The Morgan fingerprint density at radius 1 is 1.17 bits per heavy atom. The van der Waals surface area contributed by atoms with Gasteiger partial charge in [0.2, 0.25) is 0 Å². The normalized spacial score (nSPS) is 15.7. The molecule has 0 spiro atoms. The number of carbonyl (C=O) groups is 1. The smallest absolute Gasteiger partial charge is 0.387 e. The Labute approximate surface area is 138 Å². The molecule has 0 radical (unpaired) electrons. The predicted molar refractivity (Wildman–Crippen MR) is 83.0 cm³/mol. The van der Waals surface area contributed by atoms with Gasteiger partial charge < -0.3 is 14.1 Å². The molecule has 1 aliphatic heterocycles. The van der Waals surface area contributed by atoms with E-state index in [1.165, 1.54) is 18.2 Å². The summed E-state index contributed by atoms with van der Waals surface area (Å²) in [6.07, 6.45) is 1.64. The van der Waals surface area contributed by atoms with Crippen LogP contribution in [0.25, 0.3) is 0 Å². The summed E-state index contributed by atoms with van der Waals surface area (Å²) in [4.78, 5) is 16.4. The van der Waals surface area contributed by atoms with Crippen molar-refractivity contribution in [3.8, 4) is 5.75 Å². The second-order valence-electron chi connectivity index (χ2n) is 5.55. The zero-order valence-electron chi connectivity index (χ0n) is 13.0. The molecular formula is C17H18F2N2O3. The predicted octanol–water partition coefficient (Wildman–Crippen LogP) is 2.84. The van der Waals surface area contributed by atoms with Gasteiger partial charge in [0.1, 0.15) is 11.5 Å². The maximum Gasteiger partial charge on any atom is 0.387 e. The van der Waals surface area contributed by atoms with Gasteiger partial charge in [0.15, 0.2) is 0 Å². The lowest BCUT2D eigenvalue weighted by molar-refractivity contribution is -0.0499. The van der Waals surface area contributed by atoms with Gasteiger partial charge >= 0.3 is 6.61 Å². The van der Waals surface area contributed by atoms with Gasteiger partial charge in [0.05, 0.1) is 12.8 Å². The van der Waals surface area contributed by atoms with Gasteiger partial charge in [-0.05, 0) is 30.3 Å². The van der Waals surface area contributed by atoms with Crippen LogP contribution in [0.2, 0.25) is 0 Å². The molecule has 1 amide bonds. The number of piperazine rings is 1.